The molecule has 0 saturated heterocycles. The Kier molecular flexibility index (Phi) is 7.38. The van der Waals surface area contributed by atoms with Gasteiger partial charge >= 0.3 is 12.0 Å². The number of amides is 2. The van der Waals surface area contributed by atoms with Crippen LogP contribution in [0.5, 0.6) is 11.6 Å². The van der Waals surface area contributed by atoms with Crippen LogP contribution in [0.25, 0.3) is 11.1 Å². The number of nitrogens with zero attached hydrogens (tertiary/aromatic N) is 2. The van der Waals surface area contributed by atoms with Gasteiger partial charge in [0.1, 0.15) is 18.5 Å². The molecule has 2 N–H and O–H groups in total. The minimum absolute atomic E-state index is 0.0137. The molecule has 3 aromatic rings. The number of aryl methyl sites for hydroxylation is 2. The monoisotopic (exact) mass is 503 g/mol. The highest BCUT2D eigenvalue weighted by molar-refractivity contribution is 6.03. The molecule has 194 valence electrons. The molecule has 2 amide bonds. The Hall–Kier alpha value is -4.07. The molecule has 1 aliphatic rings. The lowest BCUT2D eigenvalue weighted by Gasteiger charge is -2.35. The highest BCUT2D eigenvalue weighted by Crippen LogP contribution is 2.38. The topological polar surface area (TPSA) is 101 Å². The van der Waals surface area contributed by atoms with E-state index in [-0.39, 0.29) is 18.7 Å². The second-order valence-corrected chi connectivity index (χ2v) is 10.1. The number of fused-ring (bicyclic) bond motifs is 1. The molecule has 0 fully saturated rings. The summed E-state index contributed by atoms with van der Waals surface area (Å²) in [5.41, 5.74) is 4.37. The van der Waals surface area contributed by atoms with Crippen LogP contribution in [0.4, 0.5) is 16.2 Å². The molecule has 0 saturated carbocycles. The molecular formula is C29H33N3O5. The number of pyridine rings is 1. The maximum Gasteiger partial charge on any atom is 0.326 e. The molecule has 8 nitrogen and oxygen atoms in total. The largest absolute Gasteiger partial charge is 0.486 e. The van der Waals surface area contributed by atoms with Gasteiger partial charge < -0.3 is 19.9 Å². The smallest absolute Gasteiger partial charge is 0.326 e. The van der Waals surface area contributed by atoms with Gasteiger partial charge in [-0.05, 0) is 69.5 Å². The number of hydrogen-bond donors (Lipinski definition) is 2. The summed E-state index contributed by atoms with van der Waals surface area (Å²) in [5.74, 6) is 0.0581. The van der Waals surface area contributed by atoms with Crippen LogP contribution in [0.3, 0.4) is 0 Å². The van der Waals surface area contributed by atoms with Gasteiger partial charge in [-0.3, -0.25) is 9.69 Å². The molecule has 2 heterocycles. The summed E-state index contributed by atoms with van der Waals surface area (Å²) in [4.78, 5) is 30.6. The van der Waals surface area contributed by atoms with Gasteiger partial charge in [0.15, 0.2) is 0 Å². The zero-order valence-corrected chi connectivity index (χ0v) is 21.9. The fourth-order valence-corrected chi connectivity index (χ4v) is 4.02. The van der Waals surface area contributed by atoms with Crippen molar-refractivity contribution in [3.05, 3.63) is 65.9 Å². The highest BCUT2D eigenvalue weighted by Gasteiger charge is 2.30. The quantitative estimate of drug-likeness (QED) is 0.406. The van der Waals surface area contributed by atoms with Crippen LogP contribution in [0.1, 0.15) is 38.3 Å². The van der Waals surface area contributed by atoms with Crippen molar-refractivity contribution in [2.24, 2.45) is 5.41 Å². The van der Waals surface area contributed by atoms with Gasteiger partial charge in [-0.2, -0.15) is 0 Å². The summed E-state index contributed by atoms with van der Waals surface area (Å²) >= 11 is 0. The molecule has 2 aromatic carbocycles. The fraction of sp³-hybridized carbons (Fsp3) is 0.345. The van der Waals surface area contributed by atoms with Crippen molar-refractivity contribution >= 4 is 23.4 Å². The number of carboxylic acids is 1. The van der Waals surface area contributed by atoms with Gasteiger partial charge in [0, 0.05) is 23.5 Å². The predicted octanol–water partition coefficient (Wildman–Crippen LogP) is 6.06. The van der Waals surface area contributed by atoms with Crippen molar-refractivity contribution < 1.29 is 24.2 Å². The van der Waals surface area contributed by atoms with E-state index in [0.29, 0.717) is 23.9 Å². The Bertz CT molecular complexity index is 1300. The van der Waals surface area contributed by atoms with Gasteiger partial charge in [-0.25, -0.2) is 9.78 Å². The van der Waals surface area contributed by atoms with E-state index in [0.717, 1.165) is 34.4 Å². The number of anilines is 2. The molecule has 0 bridgehead atoms. The van der Waals surface area contributed by atoms with Gasteiger partial charge in [0.25, 0.3) is 0 Å². The lowest BCUT2D eigenvalue weighted by atomic mass is 9.95. The first-order chi connectivity index (χ1) is 17.6. The van der Waals surface area contributed by atoms with Gasteiger partial charge in [0.05, 0.1) is 17.6 Å². The van der Waals surface area contributed by atoms with Crippen molar-refractivity contribution in [3.8, 4) is 22.8 Å². The van der Waals surface area contributed by atoms with Crippen LogP contribution in [-0.2, 0) is 4.79 Å². The van der Waals surface area contributed by atoms with Crippen molar-refractivity contribution in [1.82, 2.24) is 4.98 Å². The molecule has 8 heteroatoms. The van der Waals surface area contributed by atoms with Crippen molar-refractivity contribution in [2.75, 3.05) is 23.4 Å². The van der Waals surface area contributed by atoms with E-state index in [2.05, 4.69) is 10.3 Å². The van der Waals surface area contributed by atoms with E-state index in [4.69, 9.17) is 9.47 Å². The second-order valence-electron chi connectivity index (χ2n) is 10.1. The average molecular weight is 504 g/mol. The predicted molar refractivity (Wildman–Crippen MR) is 144 cm³/mol. The SMILES string of the molecule is CCC1CN(C(=O)Nc2ccc(C)cc2C)c2ccc(-c3ccc(OCC(C)(C)C(=O)O)nc3)cc2O1. The van der Waals surface area contributed by atoms with Crippen LogP contribution in [0.2, 0.25) is 0 Å². The standard InChI is InChI=1S/C29H33N3O5/c1-6-22-16-32(28(35)31-23-10-7-18(2)13-19(23)3)24-11-8-20(14-25(24)37-22)21-9-12-26(30-15-21)36-17-29(4,5)27(33)34/h7-15,22H,6,16-17H2,1-5H3,(H,31,35)(H,33,34). The van der Waals surface area contributed by atoms with Crippen LogP contribution in [0.15, 0.2) is 54.7 Å². The molecule has 1 aliphatic heterocycles. The molecule has 1 atom stereocenters. The second kappa shape index (κ2) is 10.5. The van der Waals surface area contributed by atoms with E-state index >= 15 is 0 Å². The summed E-state index contributed by atoms with van der Waals surface area (Å²) in [6.45, 7) is 9.72. The Morgan fingerprint density at radius 1 is 1.14 bits per heavy atom. The zero-order chi connectivity index (χ0) is 26.7. The molecule has 1 aromatic heterocycles. The maximum atomic E-state index is 13.3. The number of aromatic nitrogens is 1. The average Bonchev–Trinajstić information content (AvgIpc) is 2.88. The number of nitrogens with one attached hydrogen (secondary N) is 1. The number of carbonyl (C=O) groups is 2. The number of benzene rings is 2. The van der Waals surface area contributed by atoms with E-state index in [1.807, 2.05) is 63.2 Å². The summed E-state index contributed by atoms with van der Waals surface area (Å²) in [7, 11) is 0. The van der Waals surface area contributed by atoms with Gasteiger partial charge in [-0.15, -0.1) is 0 Å². The molecular weight excluding hydrogens is 470 g/mol. The molecule has 0 spiro atoms. The lowest BCUT2D eigenvalue weighted by Crippen LogP contribution is -2.45. The number of ether oxygens (including phenoxy) is 2. The number of carbonyl (C=O) groups excluding carboxylic acids is 1. The summed E-state index contributed by atoms with van der Waals surface area (Å²) in [6.07, 6.45) is 2.31. The first kappa shape index (κ1) is 26.0. The lowest BCUT2D eigenvalue weighted by molar-refractivity contribution is -0.148. The Morgan fingerprint density at radius 3 is 2.54 bits per heavy atom. The fourth-order valence-electron chi connectivity index (χ4n) is 4.02. The minimum atomic E-state index is -1.01. The first-order valence-electron chi connectivity index (χ1n) is 12.4. The van der Waals surface area contributed by atoms with Crippen LogP contribution in [-0.4, -0.2) is 41.3 Å². The number of carboxylic acid groups (broad SMARTS) is 1. The molecule has 1 unspecified atom stereocenters. The number of rotatable bonds is 7. The van der Waals surface area contributed by atoms with Crippen LogP contribution < -0.4 is 19.7 Å². The van der Waals surface area contributed by atoms with E-state index in [1.165, 1.54) is 0 Å². The van der Waals surface area contributed by atoms with Crippen molar-refractivity contribution in [2.45, 2.75) is 47.1 Å². The molecule has 0 aliphatic carbocycles. The van der Waals surface area contributed by atoms with Crippen LogP contribution >= 0.6 is 0 Å². The molecule has 0 radical (unpaired) electrons. The van der Waals surface area contributed by atoms with Crippen molar-refractivity contribution in [1.29, 1.82) is 0 Å². The third kappa shape index (κ3) is 5.85. The maximum absolute atomic E-state index is 13.3. The minimum Gasteiger partial charge on any atom is -0.486 e. The third-order valence-corrected chi connectivity index (χ3v) is 6.48. The Labute approximate surface area is 217 Å². The first-order valence-corrected chi connectivity index (χ1v) is 12.4. The Morgan fingerprint density at radius 2 is 1.89 bits per heavy atom. The molecule has 4 rings (SSSR count). The zero-order valence-electron chi connectivity index (χ0n) is 21.9. The number of aliphatic carboxylic acids is 1. The van der Waals surface area contributed by atoms with E-state index in [1.54, 1.807) is 31.0 Å². The number of hydrogen-bond acceptors (Lipinski definition) is 5. The summed E-state index contributed by atoms with van der Waals surface area (Å²) in [5, 5.41) is 12.3. The van der Waals surface area contributed by atoms with Crippen molar-refractivity contribution in [3.63, 3.8) is 0 Å². The Balaban J connectivity index is 1.54. The normalized spacial score (nSPS) is 14.9. The summed E-state index contributed by atoms with van der Waals surface area (Å²) < 4.78 is 11.8. The number of urea groups is 1. The summed E-state index contributed by atoms with van der Waals surface area (Å²) in [6, 6.07) is 15.1. The van der Waals surface area contributed by atoms with E-state index < -0.39 is 11.4 Å². The molecule has 37 heavy (non-hydrogen) atoms. The third-order valence-electron chi connectivity index (χ3n) is 6.48. The van der Waals surface area contributed by atoms with Gasteiger partial charge in [0.2, 0.25) is 5.88 Å². The highest BCUT2D eigenvalue weighted by atomic mass is 16.5. The van der Waals surface area contributed by atoms with Crippen LogP contribution in [0, 0.1) is 19.3 Å². The van der Waals surface area contributed by atoms with E-state index in [9.17, 15) is 14.7 Å². The van der Waals surface area contributed by atoms with Gasteiger partial charge in [-0.1, -0.05) is 30.7 Å².